The summed E-state index contributed by atoms with van der Waals surface area (Å²) in [6.45, 7) is 4.09. The lowest BCUT2D eigenvalue weighted by atomic mass is 10.0. The van der Waals surface area contributed by atoms with Crippen LogP contribution in [0.4, 0.5) is 0 Å². The average Bonchev–Trinajstić information content (AvgIpc) is 3.05. The summed E-state index contributed by atoms with van der Waals surface area (Å²) in [4.78, 5) is 19.5. The molecule has 8 heteroatoms. The molecule has 0 bridgehead atoms. The Morgan fingerprint density at radius 1 is 1.26 bits per heavy atom. The van der Waals surface area contributed by atoms with Crippen molar-refractivity contribution in [1.82, 2.24) is 19.6 Å². The van der Waals surface area contributed by atoms with Crippen molar-refractivity contribution in [3.63, 3.8) is 0 Å². The van der Waals surface area contributed by atoms with Crippen molar-refractivity contribution in [1.29, 1.82) is 0 Å². The molecule has 2 aromatic heterocycles. The second-order valence-corrected chi connectivity index (χ2v) is 6.74. The number of piperazine rings is 1. The highest BCUT2D eigenvalue weighted by Gasteiger charge is 2.31. The van der Waals surface area contributed by atoms with Crippen molar-refractivity contribution in [3.8, 4) is 0 Å². The van der Waals surface area contributed by atoms with Crippen molar-refractivity contribution in [2.75, 3.05) is 19.6 Å². The third kappa shape index (κ3) is 4.22. The van der Waals surface area contributed by atoms with Crippen LogP contribution in [0.1, 0.15) is 27.7 Å². The molecule has 0 radical (unpaired) electrons. The Balaban J connectivity index is 0.00000131. The van der Waals surface area contributed by atoms with Crippen LogP contribution in [0.15, 0.2) is 48.8 Å². The second-order valence-electron chi connectivity index (χ2n) is 6.34. The molecule has 0 spiro atoms. The summed E-state index contributed by atoms with van der Waals surface area (Å²) >= 11 is 6.37. The summed E-state index contributed by atoms with van der Waals surface area (Å²) < 4.78 is 1.88. The molecule has 1 aliphatic rings. The summed E-state index contributed by atoms with van der Waals surface area (Å²) in [6.07, 6.45) is 3.72. The maximum atomic E-state index is 13.1. The zero-order valence-electron chi connectivity index (χ0n) is 14.8. The monoisotopic (exact) mass is 426 g/mol. The van der Waals surface area contributed by atoms with Gasteiger partial charge in [0.15, 0.2) is 0 Å². The molecule has 1 fully saturated rings. The molecule has 144 valence electrons. The third-order valence-corrected chi connectivity index (χ3v) is 4.95. The largest absolute Gasteiger partial charge is 0.328 e. The van der Waals surface area contributed by atoms with Gasteiger partial charge in [-0.1, -0.05) is 29.8 Å². The van der Waals surface area contributed by atoms with E-state index in [9.17, 15) is 4.79 Å². The van der Waals surface area contributed by atoms with Crippen LogP contribution in [0.5, 0.6) is 0 Å². The number of halogens is 3. The summed E-state index contributed by atoms with van der Waals surface area (Å²) in [5.74, 6) is -0.0622. The van der Waals surface area contributed by atoms with Gasteiger partial charge in [0.1, 0.15) is 11.3 Å². The van der Waals surface area contributed by atoms with Crippen molar-refractivity contribution in [3.05, 3.63) is 70.6 Å². The summed E-state index contributed by atoms with van der Waals surface area (Å²) in [5.41, 5.74) is 3.33. The molecule has 1 unspecified atom stereocenters. The van der Waals surface area contributed by atoms with Crippen molar-refractivity contribution in [2.24, 2.45) is 0 Å². The van der Waals surface area contributed by atoms with Gasteiger partial charge in [0.2, 0.25) is 0 Å². The molecule has 1 N–H and O–H groups in total. The Kier molecular flexibility index (Phi) is 7.12. The fourth-order valence-electron chi connectivity index (χ4n) is 3.30. The first-order valence-corrected chi connectivity index (χ1v) is 8.73. The van der Waals surface area contributed by atoms with Crippen LogP contribution in [0.3, 0.4) is 0 Å². The van der Waals surface area contributed by atoms with E-state index in [2.05, 4.69) is 10.3 Å². The Labute approximate surface area is 175 Å². The van der Waals surface area contributed by atoms with E-state index < -0.39 is 0 Å². The van der Waals surface area contributed by atoms with Gasteiger partial charge in [-0.15, -0.1) is 24.8 Å². The fourth-order valence-corrected chi connectivity index (χ4v) is 3.57. The molecule has 1 amide bonds. The van der Waals surface area contributed by atoms with Crippen molar-refractivity contribution < 1.29 is 4.79 Å². The molecule has 4 rings (SSSR count). The maximum absolute atomic E-state index is 13.1. The maximum Gasteiger partial charge on any atom is 0.274 e. The highest BCUT2D eigenvalue weighted by Crippen LogP contribution is 2.29. The number of imidazole rings is 1. The molecule has 27 heavy (non-hydrogen) atoms. The number of aromatic nitrogens is 2. The van der Waals surface area contributed by atoms with Crippen LogP contribution in [-0.2, 0) is 0 Å². The minimum absolute atomic E-state index is 0. The number of benzene rings is 1. The topological polar surface area (TPSA) is 49.6 Å². The summed E-state index contributed by atoms with van der Waals surface area (Å²) in [7, 11) is 0. The molecule has 5 nitrogen and oxygen atoms in total. The van der Waals surface area contributed by atoms with Crippen LogP contribution < -0.4 is 5.32 Å². The van der Waals surface area contributed by atoms with E-state index in [4.69, 9.17) is 11.6 Å². The Morgan fingerprint density at radius 3 is 2.81 bits per heavy atom. The lowest BCUT2D eigenvalue weighted by molar-refractivity contribution is 0.0629. The minimum atomic E-state index is -0.0958. The second kappa shape index (κ2) is 8.93. The number of amides is 1. The molecule has 0 saturated carbocycles. The molecule has 3 aromatic rings. The molecule has 1 saturated heterocycles. The van der Waals surface area contributed by atoms with Gasteiger partial charge in [-0.25, -0.2) is 4.98 Å². The van der Waals surface area contributed by atoms with Gasteiger partial charge < -0.3 is 14.6 Å². The molecule has 3 heterocycles. The van der Waals surface area contributed by atoms with Gasteiger partial charge >= 0.3 is 0 Å². The SMILES string of the molecule is Cc1ccn2cc(C(=O)N3CCNCC3c3ccccc3Cl)nc2c1.Cl.Cl. The number of hydrogen-bond acceptors (Lipinski definition) is 3. The van der Waals surface area contributed by atoms with Crippen LogP contribution >= 0.6 is 36.4 Å². The smallest absolute Gasteiger partial charge is 0.274 e. The van der Waals surface area contributed by atoms with Gasteiger partial charge in [-0.2, -0.15) is 0 Å². The first kappa shape index (κ1) is 21.5. The molecule has 1 atom stereocenters. The first-order chi connectivity index (χ1) is 12.1. The lowest BCUT2D eigenvalue weighted by Gasteiger charge is -2.36. The van der Waals surface area contributed by atoms with Gasteiger partial charge in [0.25, 0.3) is 5.91 Å². The van der Waals surface area contributed by atoms with E-state index in [0.29, 0.717) is 23.8 Å². The molecular formula is C19H21Cl3N4O. The van der Waals surface area contributed by atoms with Crippen LogP contribution in [0.2, 0.25) is 5.02 Å². The van der Waals surface area contributed by atoms with Crippen LogP contribution in [0, 0.1) is 6.92 Å². The standard InChI is InChI=1S/C19H19ClN4O.2ClH/c1-13-6-8-23-12-16(22-18(23)10-13)19(25)24-9-7-21-11-17(24)14-4-2-3-5-15(14)20;;/h2-6,8,10,12,17,21H,7,9,11H2,1H3;2*1H. The Morgan fingerprint density at radius 2 is 2.04 bits per heavy atom. The number of nitrogens with one attached hydrogen (secondary N) is 1. The number of carbonyl (C=O) groups is 1. The van der Waals surface area contributed by atoms with Crippen LogP contribution in [0.25, 0.3) is 5.65 Å². The summed E-state index contributed by atoms with van der Waals surface area (Å²) in [5, 5.41) is 4.03. The fraction of sp³-hybridized carbons (Fsp3) is 0.263. The average molecular weight is 428 g/mol. The summed E-state index contributed by atoms with van der Waals surface area (Å²) in [6, 6.07) is 11.6. The molecule has 1 aromatic carbocycles. The normalized spacial score (nSPS) is 16.5. The number of fused-ring (bicyclic) bond motifs is 1. The predicted octanol–water partition coefficient (Wildman–Crippen LogP) is 3.93. The Hall–Kier alpha value is -1.79. The molecular weight excluding hydrogens is 407 g/mol. The number of pyridine rings is 1. The number of nitrogens with zero attached hydrogens (tertiary/aromatic N) is 3. The van der Waals surface area contributed by atoms with E-state index in [0.717, 1.165) is 23.3 Å². The Bertz CT molecular complexity index is 944. The van der Waals surface area contributed by atoms with E-state index >= 15 is 0 Å². The van der Waals surface area contributed by atoms with Gasteiger partial charge in [0, 0.05) is 37.1 Å². The van der Waals surface area contributed by atoms with E-state index in [1.807, 2.05) is 58.8 Å². The van der Waals surface area contributed by atoms with Crippen molar-refractivity contribution in [2.45, 2.75) is 13.0 Å². The molecule has 1 aliphatic heterocycles. The molecule has 0 aliphatic carbocycles. The highest BCUT2D eigenvalue weighted by atomic mass is 35.5. The van der Waals surface area contributed by atoms with E-state index in [1.165, 1.54) is 0 Å². The van der Waals surface area contributed by atoms with E-state index in [1.54, 1.807) is 6.20 Å². The van der Waals surface area contributed by atoms with E-state index in [-0.39, 0.29) is 36.8 Å². The number of carbonyl (C=O) groups excluding carboxylic acids is 1. The number of aryl methyl sites for hydroxylation is 1. The van der Waals surface area contributed by atoms with Gasteiger partial charge in [-0.3, -0.25) is 4.79 Å². The van der Waals surface area contributed by atoms with Gasteiger partial charge in [-0.05, 0) is 36.2 Å². The predicted molar refractivity (Wildman–Crippen MR) is 113 cm³/mol. The van der Waals surface area contributed by atoms with Crippen LogP contribution in [-0.4, -0.2) is 39.8 Å². The third-order valence-electron chi connectivity index (χ3n) is 4.60. The first-order valence-electron chi connectivity index (χ1n) is 8.35. The highest BCUT2D eigenvalue weighted by molar-refractivity contribution is 6.31. The minimum Gasteiger partial charge on any atom is -0.328 e. The zero-order valence-corrected chi connectivity index (χ0v) is 17.2. The van der Waals surface area contributed by atoms with Crippen molar-refractivity contribution >= 4 is 48.0 Å². The quantitative estimate of drug-likeness (QED) is 0.674. The van der Waals surface area contributed by atoms with Gasteiger partial charge in [0.05, 0.1) is 6.04 Å². The lowest BCUT2D eigenvalue weighted by Crippen LogP contribution is -2.48. The zero-order chi connectivity index (χ0) is 17.4. The number of hydrogen-bond donors (Lipinski definition) is 1. The number of rotatable bonds is 2.